The number of benzene rings is 1. The van der Waals surface area contributed by atoms with Gasteiger partial charge in [0.2, 0.25) is 0 Å². The molecule has 1 aromatic rings. The van der Waals surface area contributed by atoms with Gasteiger partial charge in [0.05, 0.1) is 7.11 Å². The molecular weight excluding hydrogens is 174 g/mol. The van der Waals surface area contributed by atoms with Crippen LogP contribution in [0.3, 0.4) is 0 Å². The van der Waals surface area contributed by atoms with Gasteiger partial charge in [-0.15, -0.1) is 0 Å². The molecule has 14 heavy (non-hydrogen) atoms. The van der Waals surface area contributed by atoms with Crippen LogP contribution in [0.5, 0.6) is 0 Å². The third-order valence-electron chi connectivity index (χ3n) is 2.48. The molecule has 0 aromatic heterocycles. The monoisotopic (exact) mass is 193 g/mol. The van der Waals surface area contributed by atoms with Crippen LogP contribution in [-0.4, -0.2) is 13.7 Å². The van der Waals surface area contributed by atoms with Gasteiger partial charge in [-0.05, 0) is 11.5 Å². The van der Waals surface area contributed by atoms with Crippen LogP contribution in [0, 0.1) is 5.92 Å². The summed E-state index contributed by atoms with van der Waals surface area (Å²) in [6, 6.07) is 10.5. The Balaban J connectivity index is 2.68. The highest BCUT2D eigenvalue weighted by molar-refractivity contribution is 5.20. The lowest BCUT2D eigenvalue weighted by Crippen LogP contribution is -2.23. The summed E-state index contributed by atoms with van der Waals surface area (Å²) in [6.45, 7) is 5.32. The molecule has 2 heteroatoms. The van der Waals surface area contributed by atoms with Crippen molar-refractivity contribution < 1.29 is 4.84 Å². The van der Waals surface area contributed by atoms with Gasteiger partial charge in [-0.3, -0.25) is 0 Å². The molecule has 0 bridgehead atoms. The number of hydroxylamine groups is 1. The number of nitrogens with one attached hydrogen (secondary N) is 1. The lowest BCUT2D eigenvalue weighted by atomic mass is 9.89. The Kier molecular flexibility index (Phi) is 4.63. The zero-order valence-electron chi connectivity index (χ0n) is 9.16. The van der Waals surface area contributed by atoms with E-state index in [0.29, 0.717) is 11.8 Å². The minimum atomic E-state index is 0.510. The van der Waals surface area contributed by atoms with Crippen molar-refractivity contribution >= 4 is 0 Å². The second kappa shape index (κ2) is 5.78. The Morgan fingerprint density at radius 3 is 2.36 bits per heavy atom. The van der Waals surface area contributed by atoms with E-state index in [-0.39, 0.29) is 0 Å². The quantitative estimate of drug-likeness (QED) is 0.726. The van der Waals surface area contributed by atoms with E-state index in [1.54, 1.807) is 7.11 Å². The Hall–Kier alpha value is -0.860. The van der Waals surface area contributed by atoms with Crippen molar-refractivity contribution in [3.05, 3.63) is 35.9 Å². The van der Waals surface area contributed by atoms with Gasteiger partial charge >= 0.3 is 0 Å². The number of rotatable bonds is 5. The van der Waals surface area contributed by atoms with Gasteiger partial charge in [0.25, 0.3) is 0 Å². The van der Waals surface area contributed by atoms with Crippen molar-refractivity contribution in [2.75, 3.05) is 13.7 Å². The molecule has 0 radical (unpaired) electrons. The molecule has 0 saturated heterocycles. The summed E-state index contributed by atoms with van der Waals surface area (Å²) < 4.78 is 0. The Labute approximate surface area is 86.2 Å². The van der Waals surface area contributed by atoms with E-state index in [2.05, 4.69) is 43.6 Å². The van der Waals surface area contributed by atoms with Crippen LogP contribution in [0.25, 0.3) is 0 Å². The van der Waals surface area contributed by atoms with Crippen LogP contribution < -0.4 is 5.48 Å². The van der Waals surface area contributed by atoms with E-state index in [1.165, 1.54) is 5.56 Å². The van der Waals surface area contributed by atoms with Gasteiger partial charge in [-0.2, -0.15) is 0 Å². The van der Waals surface area contributed by atoms with E-state index in [9.17, 15) is 0 Å². The zero-order valence-corrected chi connectivity index (χ0v) is 9.16. The number of hydrogen-bond acceptors (Lipinski definition) is 2. The normalized spacial score (nSPS) is 13.1. The molecule has 0 spiro atoms. The van der Waals surface area contributed by atoms with E-state index in [4.69, 9.17) is 4.84 Å². The van der Waals surface area contributed by atoms with Crippen LogP contribution in [0.1, 0.15) is 25.3 Å². The van der Waals surface area contributed by atoms with Gasteiger partial charge in [0, 0.05) is 12.5 Å². The van der Waals surface area contributed by atoms with Crippen LogP contribution in [0.2, 0.25) is 0 Å². The van der Waals surface area contributed by atoms with Crippen molar-refractivity contribution in [2.45, 2.75) is 19.8 Å². The van der Waals surface area contributed by atoms with Crippen molar-refractivity contribution in [3.63, 3.8) is 0 Å². The molecule has 0 aliphatic rings. The molecule has 0 fully saturated rings. The maximum absolute atomic E-state index is 4.89. The van der Waals surface area contributed by atoms with Gasteiger partial charge in [-0.25, -0.2) is 5.48 Å². The fourth-order valence-electron chi connectivity index (χ4n) is 1.61. The third-order valence-corrected chi connectivity index (χ3v) is 2.48. The molecular formula is C12H19NO. The summed E-state index contributed by atoms with van der Waals surface area (Å²) in [5.41, 5.74) is 4.30. The van der Waals surface area contributed by atoms with Crippen LogP contribution >= 0.6 is 0 Å². The SMILES string of the molecule is CONCC(c1ccccc1)C(C)C. The fraction of sp³-hybridized carbons (Fsp3) is 0.500. The molecule has 1 N–H and O–H groups in total. The van der Waals surface area contributed by atoms with Crippen LogP contribution in [-0.2, 0) is 4.84 Å². The van der Waals surface area contributed by atoms with E-state index in [0.717, 1.165) is 6.54 Å². The molecule has 0 aliphatic carbocycles. The minimum absolute atomic E-state index is 0.510. The summed E-state index contributed by atoms with van der Waals surface area (Å²) in [5, 5.41) is 0. The average molecular weight is 193 g/mol. The Bertz CT molecular complexity index is 246. The second-order valence-electron chi connectivity index (χ2n) is 3.81. The van der Waals surface area contributed by atoms with Crippen LogP contribution in [0.4, 0.5) is 0 Å². The molecule has 2 nitrogen and oxygen atoms in total. The lowest BCUT2D eigenvalue weighted by Gasteiger charge is -2.21. The molecule has 0 aliphatic heterocycles. The average Bonchev–Trinajstić information content (AvgIpc) is 2.19. The first-order chi connectivity index (χ1) is 6.75. The summed E-state index contributed by atoms with van der Waals surface area (Å²) in [5.74, 6) is 1.12. The first-order valence-electron chi connectivity index (χ1n) is 5.06. The summed E-state index contributed by atoms with van der Waals surface area (Å²) in [4.78, 5) is 4.89. The lowest BCUT2D eigenvalue weighted by molar-refractivity contribution is 0.0831. The molecule has 1 atom stereocenters. The Morgan fingerprint density at radius 1 is 1.21 bits per heavy atom. The fourth-order valence-corrected chi connectivity index (χ4v) is 1.61. The largest absolute Gasteiger partial charge is 0.305 e. The first-order valence-corrected chi connectivity index (χ1v) is 5.06. The molecule has 1 aromatic carbocycles. The predicted octanol–water partition coefficient (Wildman–Crippen LogP) is 2.58. The van der Waals surface area contributed by atoms with Gasteiger partial charge < -0.3 is 4.84 Å². The van der Waals surface area contributed by atoms with E-state index >= 15 is 0 Å². The van der Waals surface area contributed by atoms with Gasteiger partial charge in [0.1, 0.15) is 0 Å². The predicted molar refractivity (Wildman–Crippen MR) is 59.0 cm³/mol. The zero-order chi connectivity index (χ0) is 10.4. The van der Waals surface area contributed by atoms with Crippen molar-refractivity contribution in [1.82, 2.24) is 5.48 Å². The smallest absolute Gasteiger partial charge is 0.0572 e. The summed E-state index contributed by atoms with van der Waals surface area (Å²) in [7, 11) is 1.66. The van der Waals surface area contributed by atoms with Gasteiger partial charge in [-0.1, -0.05) is 44.2 Å². The van der Waals surface area contributed by atoms with Gasteiger partial charge in [0.15, 0.2) is 0 Å². The Morgan fingerprint density at radius 2 is 1.86 bits per heavy atom. The molecule has 0 heterocycles. The third kappa shape index (κ3) is 3.13. The molecule has 0 amide bonds. The van der Waals surface area contributed by atoms with Crippen molar-refractivity contribution in [1.29, 1.82) is 0 Å². The second-order valence-corrected chi connectivity index (χ2v) is 3.81. The first kappa shape index (κ1) is 11.2. The molecule has 1 rings (SSSR count). The highest BCUT2D eigenvalue weighted by atomic mass is 16.6. The maximum Gasteiger partial charge on any atom is 0.0572 e. The van der Waals surface area contributed by atoms with Crippen molar-refractivity contribution in [2.24, 2.45) is 5.92 Å². The number of hydrogen-bond donors (Lipinski definition) is 1. The molecule has 78 valence electrons. The van der Waals surface area contributed by atoms with Crippen molar-refractivity contribution in [3.8, 4) is 0 Å². The van der Waals surface area contributed by atoms with Crippen LogP contribution in [0.15, 0.2) is 30.3 Å². The summed E-state index contributed by atoms with van der Waals surface area (Å²) >= 11 is 0. The molecule has 0 saturated carbocycles. The minimum Gasteiger partial charge on any atom is -0.305 e. The topological polar surface area (TPSA) is 21.3 Å². The standard InChI is InChI=1S/C12H19NO/c1-10(2)12(9-13-14-3)11-7-5-4-6-8-11/h4-8,10,12-13H,9H2,1-3H3. The maximum atomic E-state index is 4.89. The van der Waals surface area contributed by atoms with E-state index in [1.807, 2.05) is 6.07 Å². The molecule has 1 unspecified atom stereocenters. The highest BCUT2D eigenvalue weighted by Gasteiger charge is 2.14. The van der Waals surface area contributed by atoms with E-state index < -0.39 is 0 Å². The summed E-state index contributed by atoms with van der Waals surface area (Å²) in [6.07, 6.45) is 0. The highest BCUT2D eigenvalue weighted by Crippen LogP contribution is 2.23.